The van der Waals surface area contributed by atoms with Gasteiger partial charge in [0.15, 0.2) is 0 Å². The van der Waals surface area contributed by atoms with Crippen molar-refractivity contribution in [1.82, 2.24) is 9.88 Å². The smallest absolute Gasteiger partial charge is 0.0423 e. The topological polar surface area (TPSA) is 28.2 Å². The zero-order valence-electron chi connectivity index (χ0n) is 13.2. The van der Waals surface area contributed by atoms with E-state index < -0.39 is 0 Å². The summed E-state index contributed by atoms with van der Waals surface area (Å²) in [7, 11) is 0. The fourth-order valence-corrected chi connectivity index (χ4v) is 3.40. The number of likely N-dealkylation sites (tertiary alicyclic amines) is 1. The number of nitrogens with one attached hydrogen (secondary N) is 1. The molecule has 4 rings (SSSR count). The van der Waals surface area contributed by atoms with Crippen molar-refractivity contribution < 1.29 is 0 Å². The predicted molar refractivity (Wildman–Crippen MR) is 95.5 cm³/mol. The number of anilines is 1. The van der Waals surface area contributed by atoms with Crippen molar-refractivity contribution in [3.05, 3.63) is 72.6 Å². The number of fused-ring (bicyclic) bond motifs is 1. The highest BCUT2D eigenvalue weighted by molar-refractivity contribution is 5.93. The molecule has 3 nitrogen and oxygen atoms in total. The van der Waals surface area contributed by atoms with E-state index in [1.165, 1.54) is 28.4 Å². The molecule has 0 saturated carbocycles. The monoisotopic (exact) mass is 303 g/mol. The number of hydrogen-bond donors (Lipinski definition) is 1. The van der Waals surface area contributed by atoms with E-state index >= 15 is 0 Å². The predicted octanol–water partition coefficient (Wildman–Crippen LogP) is 3.92. The van der Waals surface area contributed by atoms with Gasteiger partial charge >= 0.3 is 0 Å². The minimum absolute atomic E-state index is 0.512. The van der Waals surface area contributed by atoms with E-state index in [0.717, 1.165) is 19.6 Å². The molecule has 116 valence electrons. The van der Waals surface area contributed by atoms with Gasteiger partial charge in [-0.3, -0.25) is 9.88 Å². The summed E-state index contributed by atoms with van der Waals surface area (Å²) in [5.74, 6) is 0. The van der Waals surface area contributed by atoms with Gasteiger partial charge in [0.05, 0.1) is 0 Å². The second-order valence-electron chi connectivity index (χ2n) is 6.25. The van der Waals surface area contributed by atoms with Gasteiger partial charge in [-0.05, 0) is 24.1 Å². The van der Waals surface area contributed by atoms with Crippen molar-refractivity contribution in [3.8, 4) is 0 Å². The van der Waals surface area contributed by atoms with Crippen molar-refractivity contribution >= 4 is 16.5 Å². The molecule has 0 aliphatic carbocycles. The lowest BCUT2D eigenvalue weighted by atomic mass is 10.1. The molecule has 1 aliphatic heterocycles. The van der Waals surface area contributed by atoms with Gasteiger partial charge in [-0.2, -0.15) is 0 Å². The van der Waals surface area contributed by atoms with Crippen LogP contribution in [0.3, 0.4) is 0 Å². The molecule has 3 heteroatoms. The maximum atomic E-state index is 4.21. The third-order valence-electron chi connectivity index (χ3n) is 4.56. The molecule has 0 spiro atoms. The van der Waals surface area contributed by atoms with Crippen molar-refractivity contribution in [2.24, 2.45) is 0 Å². The molecule has 1 aliphatic rings. The molecule has 1 unspecified atom stereocenters. The van der Waals surface area contributed by atoms with Gasteiger partial charge in [0.25, 0.3) is 0 Å². The molecule has 2 heterocycles. The third kappa shape index (κ3) is 3.20. The van der Waals surface area contributed by atoms with E-state index in [1.807, 2.05) is 12.4 Å². The van der Waals surface area contributed by atoms with Gasteiger partial charge in [0.1, 0.15) is 0 Å². The summed E-state index contributed by atoms with van der Waals surface area (Å²) in [6.45, 7) is 3.29. The maximum absolute atomic E-state index is 4.21. The Morgan fingerprint density at radius 2 is 1.96 bits per heavy atom. The Morgan fingerprint density at radius 1 is 1.04 bits per heavy atom. The Kier molecular flexibility index (Phi) is 3.95. The summed E-state index contributed by atoms with van der Waals surface area (Å²) in [6.07, 6.45) is 4.98. The summed E-state index contributed by atoms with van der Waals surface area (Å²) in [5, 5.41) is 6.18. The Hall–Kier alpha value is -2.39. The Bertz CT molecular complexity index is 780. The highest BCUT2D eigenvalue weighted by Crippen LogP contribution is 2.25. The number of benzene rings is 2. The lowest BCUT2D eigenvalue weighted by Gasteiger charge is -2.18. The van der Waals surface area contributed by atoms with E-state index in [9.17, 15) is 0 Å². The molecule has 3 aromatic rings. The molecule has 1 atom stereocenters. The van der Waals surface area contributed by atoms with Gasteiger partial charge in [-0.15, -0.1) is 0 Å². The molecule has 1 N–H and O–H groups in total. The minimum Gasteiger partial charge on any atom is -0.380 e. The van der Waals surface area contributed by atoms with Crippen LogP contribution in [0.25, 0.3) is 10.8 Å². The summed E-state index contributed by atoms with van der Waals surface area (Å²) >= 11 is 0. The fraction of sp³-hybridized carbons (Fsp3) is 0.250. The number of rotatable bonds is 4. The Balaban J connectivity index is 1.44. The van der Waals surface area contributed by atoms with Crippen LogP contribution < -0.4 is 5.32 Å². The zero-order chi connectivity index (χ0) is 15.5. The second kappa shape index (κ2) is 6.39. The highest BCUT2D eigenvalue weighted by Gasteiger charge is 2.22. The largest absolute Gasteiger partial charge is 0.380 e. The molecule has 1 aromatic heterocycles. The normalized spacial score (nSPS) is 18.3. The van der Waals surface area contributed by atoms with Crippen LogP contribution in [0.1, 0.15) is 12.0 Å². The van der Waals surface area contributed by atoms with Crippen molar-refractivity contribution in [2.45, 2.75) is 19.0 Å². The zero-order valence-corrected chi connectivity index (χ0v) is 13.2. The molecular weight excluding hydrogens is 282 g/mol. The number of aromatic nitrogens is 1. The van der Waals surface area contributed by atoms with E-state index in [0.29, 0.717) is 6.04 Å². The van der Waals surface area contributed by atoms with Crippen LogP contribution in [0.2, 0.25) is 0 Å². The Labute approximate surface area is 137 Å². The van der Waals surface area contributed by atoms with Gasteiger partial charge in [-0.1, -0.05) is 42.5 Å². The standard InChI is InChI=1S/C20H21N3/c1-2-5-16(6-3-1)14-23-12-10-18(15-23)22-20-8-4-7-17-13-21-11-9-19(17)20/h1-9,11,13,18,22H,10,12,14-15H2. The number of nitrogens with zero attached hydrogens (tertiary/aromatic N) is 2. The van der Waals surface area contributed by atoms with Crippen molar-refractivity contribution in [2.75, 3.05) is 18.4 Å². The first-order chi connectivity index (χ1) is 11.4. The molecule has 0 amide bonds. The number of hydrogen-bond acceptors (Lipinski definition) is 3. The van der Waals surface area contributed by atoms with Crippen LogP contribution in [0.15, 0.2) is 67.0 Å². The molecule has 0 bridgehead atoms. The van der Waals surface area contributed by atoms with Gasteiger partial charge in [0.2, 0.25) is 0 Å². The summed E-state index contributed by atoms with van der Waals surface area (Å²) in [4.78, 5) is 6.74. The summed E-state index contributed by atoms with van der Waals surface area (Å²) in [5.41, 5.74) is 2.61. The molecule has 1 fully saturated rings. The first-order valence-corrected chi connectivity index (χ1v) is 8.24. The quantitative estimate of drug-likeness (QED) is 0.792. The van der Waals surface area contributed by atoms with E-state index in [2.05, 4.69) is 69.8 Å². The van der Waals surface area contributed by atoms with E-state index in [-0.39, 0.29) is 0 Å². The summed E-state index contributed by atoms with van der Waals surface area (Å²) < 4.78 is 0. The Morgan fingerprint density at radius 3 is 2.87 bits per heavy atom. The van der Waals surface area contributed by atoms with E-state index in [1.54, 1.807) is 0 Å². The van der Waals surface area contributed by atoms with Crippen LogP contribution in [-0.4, -0.2) is 29.0 Å². The molecule has 23 heavy (non-hydrogen) atoms. The lowest BCUT2D eigenvalue weighted by molar-refractivity contribution is 0.328. The summed E-state index contributed by atoms with van der Waals surface area (Å²) in [6, 6.07) is 19.7. The van der Waals surface area contributed by atoms with Crippen LogP contribution >= 0.6 is 0 Å². The molecule has 2 aromatic carbocycles. The lowest BCUT2D eigenvalue weighted by Crippen LogP contribution is -2.26. The van der Waals surface area contributed by atoms with Crippen LogP contribution in [-0.2, 0) is 6.54 Å². The molecule has 1 saturated heterocycles. The second-order valence-corrected chi connectivity index (χ2v) is 6.25. The molecular formula is C20H21N3. The van der Waals surface area contributed by atoms with Crippen LogP contribution in [0.4, 0.5) is 5.69 Å². The van der Waals surface area contributed by atoms with Gasteiger partial charge in [-0.25, -0.2) is 0 Å². The first kappa shape index (κ1) is 14.2. The minimum atomic E-state index is 0.512. The molecule has 0 radical (unpaired) electrons. The van der Waals surface area contributed by atoms with Crippen LogP contribution in [0.5, 0.6) is 0 Å². The van der Waals surface area contributed by atoms with E-state index in [4.69, 9.17) is 0 Å². The fourth-order valence-electron chi connectivity index (χ4n) is 3.40. The number of pyridine rings is 1. The highest BCUT2D eigenvalue weighted by atomic mass is 15.2. The maximum Gasteiger partial charge on any atom is 0.0423 e. The SMILES string of the molecule is c1ccc(CN2CCC(Nc3cccc4cnccc34)C2)cc1. The van der Waals surface area contributed by atoms with Crippen molar-refractivity contribution in [3.63, 3.8) is 0 Å². The van der Waals surface area contributed by atoms with Gasteiger partial charge < -0.3 is 5.32 Å². The average Bonchev–Trinajstić information content (AvgIpc) is 3.03. The van der Waals surface area contributed by atoms with Gasteiger partial charge in [0, 0.05) is 54.5 Å². The third-order valence-corrected chi connectivity index (χ3v) is 4.56. The van der Waals surface area contributed by atoms with Crippen LogP contribution in [0, 0.1) is 0 Å². The average molecular weight is 303 g/mol. The van der Waals surface area contributed by atoms with Crippen molar-refractivity contribution in [1.29, 1.82) is 0 Å². The first-order valence-electron chi connectivity index (χ1n) is 8.24.